The maximum absolute atomic E-state index is 12.6. The van der Waals surface area contributed by atoms with E-state index in [9.17, 15) is 18.3 Å². The second-order valence-corrected chi connectivity index (χ2v) is 9.38. The number of aromatic nitrogens is 1. The first-order valence-electron chi connectivity index (χ1n) is 7.58. The van der Waals surface area contributed by atoms with Crippen LogP contribution in [0, 0.1) is 11.8 Å². The molecule has 0 amide bonds. The summed E-state index contributed by atoms with van der Waals surface area (Å²) < 4.78 is 23.3. The van der Waals surface area contributed by atoms with E-state index in [1.54, 1.807) is 12.1 Å². The zero-order chi connectivity index (χ0) is 17.1. The molecule has 0 radical (unpaired) electrons. The Labute approximate surface area is 143 Å². The molecule has 1 aromatic carbocycles. The van der Waals surface area contributed by atoms with E-state index in [1.807, 2.05) is 0 Å². The van der Waals surface area contributed by atoms with Crippen molar-refractivity contribution in [2.45, 2.75) is 11.0 Å². The van der Waals surface area contributed by atoms with Gasteiger partial charge in [0.15, 0.2) is 15.0 Å². The molecule has 1 saturated heterocycles. The second-order valence-electron chi connectivity index (χ2n) is 6.36. The molecule has 0 spiro atoms. The highest BCUT2D eigenvalue weighted by Gasteiger charge is 2.55. The van der Waals surface area contributed by atoms with Gasteiger partial charge in [0, 0.05) is 36.7 Å². The number of ketones is 1. The molecule has 1 aliphatic carbocycles. The molecule has 2 atom stereocenters. The Morgan fingerprint density at radius 1 is 1.33 bits per heavy atom. The summed E-state index contributed by atoms with van der Waals surface area (Å²) in [6.07, 6.45) is 2.48. The number of rotatable bonds is 4. The van der Waals surface area contributed by atoms with E-state index >= 15 is 0 Å². The van der Waals surface area contributed by atoms with Crippen molar-refractivity contribution in [3.63, 3.8) is 0 Å². The molecule has 1 N–H and O–H groups in total. The lowest BCUT2D eigenvalue weighted by molar-refractivity contribution is 0.104. The van der Waals surface area contributed by atoms with Crippen LogP contribution < -0.4 is 4.90 Å². The van der Waals surface area contributed by atoms with Crippen molar-refractivity contribution in [3.8, 4) is 0 Å². The Morgan fingerprint density at radius 3 is 2.71 bits per heavy atom. The van der Waals surface area contributed by atoms with Crippen LogP contribution in [0.5, 0.6) is 0 Å². The molecule has 6 nitrogen and oxygen atoms in total. The van der Waals surface area contributed by atoms with Gasteiger partial charge in [-0.15, -0.1) is 0 Å². The van der Waals surface area contributed by atoms with E-state index in [0.717, 1.165) is 24.5 Å². The molecule has 2 heterocycles. The normalized spacial score (nSPS) is 25.6. The van der Waals surface area contributed by atoms with Crippen LogP contribution in [-0.4, -0.2) is 49.7 Å². The Morgan fingerprint density at radius 2 is 2.04 bits per heavy atom. The van der Waals surface area contributed by atoms with Crippen molar-refractivity contribution in [3.05, 3.63) is 40.9 Å². The number of hydrogen-bond acceptors (Lipinski definition) is 7. The summed E-state index contributed by atoms with van der Waals surface area (Å²) in [5.74, 6) is 0.438. The van der Waals surface area contributed by atoms with Gasteiger partial charge >= 0.3 is 0 Å². The standard InChI is InChI=1S/C16H16N2O4S2/c1-24(21,22)10-4-2-3-9(5-10)14(19)13-6-17-16(23-13)18-7-11-12(8-18)15(11)20/h2-6,11-12,15,20H,7-8H2,1H3. The third-order valence-electron chi connectivity index (χ3n) is 4.66. The Hall–Kier alpha value is -1.77. The molecule has 2 fully saturated rings. The Bertz CT molecular complexity index is 910. The minimum Gasteiger partial charge on any atom is -0.392 e. The molecular weight excluding hydrogens is 348 g/mol. The summed E-state index contributed by atoms with van der Waals surface area (Å²) in [5, 5.41) is 10.4. The van der Waals surface area contributed by atoms with Gasteiger partial charge in [0.25, 0.3) is 0 Å². The fraction of sp³-hybridized carbons (Fsp3) is 0.375. The average molecular weight is 364 g/mol. The van der Waals surface area contributed by atoms with Crippen molar-refractivity contribution in [2.24, 2.45) is 11.8 Å². The number of benzene rings is 1. The zero-order valence-corrected chi connectivity index (χ0v) is 14.5. The molecule has 2 aliphatic rings. The summed E-state index contributed by atoms with van der Waals surface area (Å²) in [6, 6.07) is 6.06. The minimum atomic E-state index is -3.35. The molecule has 1 aromatic heterocycles. The first-order valence-corrected chi connectivity index (χ1v) is 10.3. The first-order chi connectivity index (χ1) is 11.3. The van der Waals surface area contributed by atoms with Gasteiger partial charge in [-0.2, -0.15) is 0 Å². The van der Waals surface area contributed by atoms with E-state index in [2.05, 4.69) is 9.88 Å². The number of sulfone groups is 1. The van der Waals surface area contributed by atoms with Crippen LogP contribution in [0.2, 0.25) is 0 Å². The summed E-state index contributed by atoms with van der Waals surface area (Å²) in [7, 11) is -3.35. The van der Waals surface area contributed by atoms with Crippen molar-refractivity contribution in [1.82, 2.24) is 4.98 Å². The highest BCUT2D eigenvalue weighted by atomic mass is 32.2. The number of hydrogen-bond donors (Lipinski definition) is 1. The summed E-state index contributed by atoms with van der Waals surface area (Å²) in [6.45, 7) is 1.55. The molecule has 2 unspecified atom stereocenters. The smallest absolute Gasteiger partial charge is 0.204 e. The van der Waals surface area contributed by atoms with Gasteiger partial charge in [-0.1, -0.05) is 23.5 Å². The van der Waals surface area contributed by atoms with Crippen LogP contribution in [0.3, 0.4) is 0 Å². The summed E-state index contributed by atoms with van der Waals surface area (Å²) >= 11 is 1.30. The van der Waals surface area contributed by atoms with E-state index < -0.39 is 9.84 Å². The maximum Gasteiger partial charge on any atom is 0.204 e. The number of anilines is 1. The Kier molecular flexibility index (Phi) is 3.52. The minimum absolute atomic E-state index is 0.131. The van der Waals surface area contributed by atoms with Gasteiger partial charge in [-0.3, -0.25) is 4.79 Å². The average Bonchev–Trinajstić information content (AvgIpc) is 2.99. The van der Waals surface area contributed by atoms with Crippen molar-refractivity contribution in [2.75, 3.05) is 24.2 Å². The lowest BCUT2D eigenvalue weighted by Crippen LogP contribution is -2.24. The van der Waals surface area contributed by atoms with Crippen LogP contribution in [0.15, 0.2) is 35.4 Å². The van der Waals surface area contributed by atoms with Crippen LogP contribution >= 0.6 is 11.3 Å². The molecule has 8 heteroatoms. The van der Waals surface area contributed by atoms with Gasteiger partial charge in [0.05, 0.1) is 22.1 Å². The lowest BCUT2D eigenvalue weighted by atomic mass is 10.1. The highest BCUT2D eigenvalue weighted by Crippen LogP contribution is 2.47. The highest BCUT2D eigenvalue weighted by molar-refractivity contribution is 7.90. The fourth-order valence-electron chi connectivity index (χ4n) is 3.18. The summed E-state index contributed by atoms with van der Waals surface area (Å²) in [4.78, 5) is 19.6. The van der Waals surface area contributed by atoms with Gasteiger partial charge in [0.2, 0.25) is 5.78 Å². The van der Waals surface area contributed by atoms with Gasteiger partial charge in [-0.25, -0.2) is 13.4 Å². The third kappa shape index (κ3) is 2.64. The number of nitrogens with zero attached hydrogens (tertiary/aromatic N) is 2. The molecule has 1 saturated carbocycles. The topological polar surface area (TPSA) is 87.6 Å². The molecule has 24 heavy (non-hydrogen) atoms. The molecule has 4 rings (SSSR count). The first kappa shape index (κ1) is 15.7. The van der Waals surface area contributed by atoms with Crippen LogP contribution in [0.1, 0.15) is 15.2 Å². The predicted octanol–water partition coefficient (Wildman–Crippen LogP) is 1.20. The number of aliphatic hydroxyl groups excluding tert-OH is 1. The fourth-order valence-corrected chi connectivity index (χ4v) is 4.74. The van der Waals surface area contributed by atoms with E-state index in [-0.39, 0.29) is 16.8 Å². The lowest BCUT2D eigenvalue weighted by Gasteiger charge is -2.16. The van der Waals surface area contributed by atoms with Crippen molar-refractivity contribution < 1.29 is 18.3 Å². The van der Waals surface area contributed by atoms with Crippen LogP contribution in [0.25, 0.3) is 0 Å². The third-order valence-corrected chi connectivity index (χ3v) is 6.83. The number of carbonyl (C=O) groups excluding carboxylic acids is 1. The number of thiazole rings is 1. The van der Waals surface area contributed by atoms with Gasteiger partial charge < -0.3 is 10.0 Å². The molecule has 126 valence electrons. The maximum atomic E-state index is 12.6. The van der Waals surface area contributed by atoms with Crippen molar-refractivity contribution in [1.29, 1.82) is 0 Å². The Balaban J connectivity index is 1.55. The summed E-state index contributed by atoms with van der Waals surface area (Å²) in [5.41, 5.74) is 0.341. The van der Waals surface area contributed by atoms with E-state index in [1.165, 1.54) is 29.7 Å². The van der Waals surface area contributed by atoms with E-state index in [0.29, 0.717) is 22.3 Å². The largest absolute Gasteiger partial charge is 0.392 e. The van der Waals surface area contributed by atoms with Gasteiger partial charge in [-0.05, 0) is 12.1 Å². The number of aliphatic hydroxyl groups is 1. The molecule has 0 bridgehead atoms. The quantitative estimate of drug-likeness (QED) is 0.821. The number of fused-ring (bicyclic) bond motifs is 1. The zero-order valence-electron chi connectivity index (χ0n) is 12.9. The van der Waals surface area contributed by atoms with E-state index in [4.69, 9.17) is 0 Å². The van der Waals surface area contributed by atoms with Crippen LogP contribution in [0.4, 0.5) is 5.13 Å². The number of piperidine rings is 1. The molecule has 1 aliphatic heterocycles. The number of carbonyl (C=O) groups is 1. The monoisotopic (exact) mass is 364 g/mol. The van der Waals surface area contributed by atoms with Crippen LogP contribution in [-0.2, 0) is 9.84 Å². The molecule has 2 aromatic rings. The SMILES string of the molecule is CS(=O)(=O)c1cccc(C(=O)c2cnc(N3CC4C(O)C4C3)s2)c1. The van der Waals surface area contributed by atoms with Gasteiger partial charge in [0.1, 0.15) is 0 Å². The molecular formula is C16H16N2O4S2. The second kappa shape index (κ2) is 5.37. The predicted molar refractivity (Wildman–Crippen MR) is 90.3 cm³/mol. The van der Waals surface area contributed by atoms with Crippen molar-refractivity contribution >= 4 is 32.1 Å².